The van der Waals surface area contributed by atoms with Crippen LogP contribution in [0.15, 0.2) is 24.4 Å². The monoisotopic (exact) mass is 293 g/mol. The van der Waals surface area contributed by atoms with Gasteiger partial charge in [-0.2, -0.15) is 5.10 Å². The van der Waals surface area contributed by atoms with Gasteiger partial charge in [0, 0.05) is 0 Å². The minimum atomic E-state index is 0.124. The molecule has 1 aliphatic rings. The summed E-state index contributed by atoms with van der Waals surface area (Å²) in [4.78, 5) is 0. The van der Waals surface area contributed by atoms with Gasteiger partial charge in [-0.1, -0.05) is 17.7 Å². The van der Waals surface area contributed by atoms with Crippen molar-refractivity contribution < 1.29 is 9.47 Å². The van der Waals surface area contributed by atoms with E-state index in [9.17, 15) is 0 Å². The number of nitrogens with one attached hydrogen (secondary N) is 1. The second kappa shape index (κ2) is 5.34. The Labute approximate surface area is 122 Å². The number of ether oxygens (including phenoxy) is 2. The third-order valence-corrected chi connectivity index (χ3v) is 3.92. The molecular formula is C14H16ClN3O2. The van der Waals surface area contributed by atoms with E-state index in [2.05, 4.69) is 10.4 Å². The number of halogens is 1. The number of aromatic nitrogens is 2. The van der Waals surface area contributed by atoms with Crippen molar-refractivity contribution in [1.29, 1.82) is 0 Å². The van der Waals surface area contributed by atoms with Crippen molar-refractivity contribution >= 4 is 11.6 Å². The van der Waals surface area contributed by atoms with Gasteiger partial charge < -0.3 is 14.8 Å². The van der Waals surface area contributed by atoms with E-state index in [-0.39, 0.29) is 12.8 Å². The normalized spacial score (nSPS) is 14.6. The van der Waals surface area contributed by atoms with E-state index in [1.165, 1.54) is 0 Å². The summed E-state index contributed by atoms with van der Waals surface area (Å²) in [6.45, 7) is 2.95. The van der Waals surface area contributed by atoms with Crippen molar-refractivity contribution in [2.45, 2.75) is 19.5 Å². The second-order valence-corrected chi connectivity index (χ2v) is 5.12. The Morgan fingerprint density at radius 1 is 1.40 bits per heavy atom. The average molecular weight is 294 g/mol. The lowest BCUT2D eigenvalue weighted by atomic mass is 10.1. The number of fused-ring (bicyclic) bond motifs is 1. The number of likely N-dealkylation sites (N-methyl/N-ethyl adjacent to an activating group) is 1. The molecule has 5 nitrogen and oxygen atoms in total. The summed E-state index contributed by atoms with van der Waals surface area (Å²) >= 11 is 6.04. The molecule has 0 fully saturated rings. The second-order valence-electron chi connectivity index (χ2n) is 4.71. The number of nitrogens with zero attached hydrogens (tertiary/aromatic N) is 2. The van der Waals surface area contributed by atoms with Crippen molar-refractivity contribution in [3.05, 3.63) is 40.7 Å². The van der Waals surface area contributed by atoms with Crippen LogP contribution in [0.3, 0.4) is 0 Å². The highest BCUT2D eigenvalue weighted by Crippen LogP contribution is 2.34. The van der Waals surface area contributed by atoms with Gasteiger partial charge in [-0.25, -0.2) is 0 Å². The van der Waals surface area contributed by atoms with E-state index >= 15 is 0 Å². The Morgan fingerprint density at radius 2 is 2.20 bits per heavy atom. The van der Waals surface area contributed by atoms with E-state index in [1.54, 1.807) is 6.20 Å². The molecule has 6 heteroatoms. The molecular weight excluding hydrogens is 278 g/mol. The number of benzene rings is 1. The molecule has 106 valence electrons. The van der Waals surface area contributed by atoms with Crippen LogP contribution in [0.25, 0.3) is 0 Å². The van der Waals surface area contributed by atoms with Crippen LogP contribution >= 0.6 is 11.6 Å². The Hall–Kier alpha value is -1.72. The molecule has 1 aromatic heterocycles. The molecule has 0 amide bonds. The molecule has 0 saturated carbocycles. The van der Waals surface area contributed by atoms with Crippen molar-refractivity contribution in [1.82, 2.24) is 15.1 Å². The maximum absolute atomic E-state index is 6.04. The summed E-state index contributed by atoms with van der Waals surface area (Å²) in [6.07, 6.45) is 1.67. The lowest BCUT2D eigenvalue weighted by Gasteiger charge is -2.18. The molecule has 3 rings (SSSR count). The molecule has 1 aliphatic heterocycles. The molecule has 0 aliphatic carbocycles. The molecule has 0 spiro atoms. The van der Waals surface area contributed by atoms with Gasteiger partial charge in [-0.3, -0.25) is 4.68 Å². The quantitative estimate of drug-likeness (QED) is 0.941. The van der Waals surface area contributed by atoms with Gasteiger partial charge in [-0.15, -0.1) is 0 Å². The molecule has 1 unspecified atom stereocenters. The lowest BCUT2D eigenvalue weighted by molar-refractivity contribution is 0.174. The summed E-state index contributed by atoms with van der Waals surface area (Å²) in [7, 11) is 1.93. The zero-order chi connectivity index (χ0) is 14.1. The predicted octanol–water partition coefficient (Wildman–Crippen LogP) is 2.53. The van der Waals surface area contributed by atoms with Crippen LogP contribution in [0.1, 0.15) is 17.3 Å². The summed E-state index contributed by atoms with van der Waals surface area (Å²) in [5, 5.41) is 8.27. The van der Waals surface area contributed by atoms with Crippen LogP contribution < -0.4 is 14.8 Å². The van der Waals surface area contributed by atoms with E-state index in [4.69, 9.17) is 21.1 Å². The average Bonchev–Trinajstić information content (AvgIpc) is 3.04. The molecule has 1 N–H and O–H groups in total. The Bertz CT molecular complexity index is 627. The smallest absolute Gasteiger partial charge is 0.231 e. The Morgan fingerprint density at radius 3 is 2.90 bits per heavy atom. The van der Waals surface area contributed by atoms with E-state index in [0.29, 0.717) is 11.6 Å². The summed E-state index contributed by atoms with van der Waals surface area (Å²) in [6, 6.07) is 6.10. The Balaban J connectivity index is 1.84. The van der Waals surface area contributed by atoms with Gasteiger partial charge in [0.1, 0.15) is 0 Å². The van der Waals surface area contributed by atoms with Gasteiger partial charge in [0.15, 0.2) is 11.5 Å². The van der Waals surface area contributed by atoms with Gasteiger partial charge in [0.2, 0.25) is 6.79 Å². The van der Waals surface area contributed by atoms with Crippen molar-refractivity contribution in [2.75, 3.05) is 13.8 Å². The highest BCUT2D eigenvalue weighted by atomic mass is 35.5. The van der Waals surface area contributed by atoms with Crippen LogP contribution in [0.2, 0.25) is 5.02 Å². The fourth-order valence-electron chi connectivity index (χ4n) is 2.27. The molecule has 0 radical (unpaired) electrons. The van der Waals surface area contributed by atoms with Crippen molar-refractivity contribution in [3.63, 3.8) is 0 Å². The molecule has 0 saturated heterocycles. The van der Waals surface area contributed by atoms with Crippen molar-refractivity contribution in [2.24, 2.45) is 0 Å². The molecule has 1 aromatic carbocycles. The zero-order valence-corrected chi connectivity index (χ0v) is 12.1. The first kappa shape index (κ1) is 13.3. The van der Waals surface area contributed by atoms with Crippen LogP contribution in [-0.4, -0.2) is 23.6 Å². The SMILES string of the molecule is CNC(Cn1ncc(Cl)c1C)c1ccc2c(c1)OCO2. The first-order chi connectivity index (χ1) is 9.69. The predicted molar refractivity (Wildman–Crippen MR) is 76.3 cm³/mol. The minimum absolute atomic E-state index is 0.124. The maximum Gasteiger partial charge on any atom is 0.231 e. The van der Waals surface area contributed by atoms with E-state index in [1.807, 2.05) is 36.9 Å². The fourth-order valence-corrected chi connectivity index (χ4v) is 2.42. The highest BCUT2D eigenvalue weighted by molar-refractivity contribution is 6.31. The number of hydrogen-bond acceptors (Lipinski definition) is 4. The Kier molecular flexibility index (Phi) is 3.54. The zero-order valence-electron chi connectivity index (χ0n) is 11.4. The third kappa shape index (κ3) is 2.34. The van der Waals surface area contributed by atoms with Crippen molar-refractivity contribution in [3.8, 4) is 11.5 Å². The van der Waals surface area contributed by atoms with E-state index < -0.39 is 0 Å². The first-order valence-corrected chi connectivity index (χ1v) is 6.81. The van der Waals surface area contributed by atoms with Gasteiger partial charge in [0.05, 0.1) is 29.5 Å². The van der Waals surface area contributed by atoms with Gasteiger partial charge in [0.25, 0.3) is 0 Å². The first-order valence-electron chi connectivity index (χ1n) is 6.43. The highest BCUT2D eigenvalue weighted by Gasteiger charge is 2.18. The molecule has 0 bridgehead atoms. The summed E-state index contributed by atoms with van der Waals surface area (Å²) in [5.41, 5.74) is 2.09. The van der Waals surface area contributed by atoms with Crippen LogP contribution in [0.5, 0.6) is 11.5 Å². The topological polar surface area (TPSA) is 48.3 Å². The lowest BCUT2D eigenvalue weighted by Crippen LogP contribution is -2.23. The molecule has 1 atom stereocenters. The minimum Gasteiger partial charge on any atom is -0.454 e. The largest absolute Gasteiger partial charge is 0.454 e. The third-order valence-electron chi connectivity index (χ3n) is 3.55. The number of hydrogen-bond donors (Lipinski definition) is 1. The van der Waals surface area contributed by atoms with Gasteiger partial charge in [-0.05, 0) is 31.7 Å². The van der Waals surface area contributed by atoms with Crippen LogP contribution in [0.4, 0.5) is 0 Å². The van der Waals surface area contributed by atoms with E-state index in [0.717, 1.165) is 22.8 Å². The van der Waals surface area contributed by atoms with Gasteiger partial charge >= 0.3 is 0 Å². The maximum atomic E-state index is 6.04. The number of rotatable bonds is 4. The molecule has 2 aromatic rings. The summed E-state index contributed by atoms with van der Waals surface area (Å²) < 4.78 is 12.6. The van der Waals surface area contributed by atoms with Crippen LogP contribution in [-0.2, 0) is 6.54 Å². The molecule has 2 heterocycles. The standard InChI is InChI=1S/C14H16ClN3O2/c1-9-11(15)6-17-18(9)7-12(16-2)10-3-4-13-14(5-10)20-8-19-13/h3-6,12,16H,7-8H2,1-2H3. The van der Waals surface area contributed by atoms with Crippen LogP contribution in [0, 0.1) is 6.92 Å². The fraction of sp³-hybridized carbons (Fsp3) is 0.357. The molecule has 20 heavy (non-hydrogen) atoms. The summed E-state index contributed by atoms with van der Waals surface area (Å²) in [5.74, 6) is 1.58.